The van der Waals surface area contributed by atoms with E-state index in [-0.39, 0.29) is 0 Å². The van der Waals surface area contributed by atoms with Gasteiger partial charge in [0.15, 0.2) is 0 Å². The second-order valence-corrected chi connectivity index (χ2v) is 6.68. The number of ether oxygens (including phenoxy) is 1. The van der Waals surface area contributed by atoms with Crippen LogP contribution in [0.3, 0.4) is 0 Å². The van der Waals surface area contributed by atoms with Crippen LogP contribution in [0.5, 0.6) is 5.75 Å². The topological polar surface area (TPSA) is 63.9 Å². The van der Waals surface area contributed by atoms with E-state index >= 15 is 0 Å². The third-order valence-corrected chi connectivity index (χ3v) is 4.61. The Labute approximate surface area is 149 Å². The number of para-hydroxylation sites is 1. The number of fused-ring (bicyclic) bond motifs is 1. The Hall–Kier alpha value is -2.73. The number of rotatable bonds is 6. The molecule has 6 heteroatoms. The van der Waals surface area contributed by atoms with Crippen molar-refractivity contribution in [3.05, 3.63) is 60.3 Å². The summed E-state index contributed by atoms with van der Waals surface area (Å²) in [6.45, 7) is 2.64. The van der Waals surface area contributed by atoms with Gasteiger partial charge in [0.2, 0.25) is 0 Å². The molecule has 4 aromatic rings. The fourth-order valence-electron chi connectivity index (χ4n) is 2.55. The minimum absolute atomic E-state index is 0.527. The van der Waals surface area contributed by atoms with Crippen molar-refractivity contribution in [1.82, 2.24) is 15.2 Å². The number of nitrogens with zero attached hydrogens (tertiary/aromatic N) is 2. The fourth-order valence-corrected chi connectivity index (χ4v) is 3.13. The first-order valence-electron chi connectivity index (χ1n) is 8.02. The molecule has 0 spiro atoms. The normalized spacial score (nSPS) is 11.1. The highest BCUT2D eigenvalue weighted by Crippen LogP contribution is 2.29. The van der Waals surface area contributed by atoms with E-state index in [1.807, 2.05) is 54.7 Å². The van der Waals surface area contributed by atoms with Crippen molar-refractivity contribution in [2.45, 2.75) is 12.1 Å². The summed E-state index contributed by atoms with van der Waals surface area (Å²) < 4.78 is 11.5. The zero-order valence-corrected chi connectivity index (χ0v) is 14.5. The van der Waals surface area contributed by atoms with E-state index in [9.17, 15) is 0 Å². The van der Waals surface area contributed by atoms with Gasteiger partial charge in [-0.3, -0.25) is 0 Å². The predicted molar refractivity (Wildman–Crippen MR) is 99.0 cm³/mol. The Morgan fingerprint density at radius 3 is 2.80 bits per heavy atom. The van der Waals surface area contributed by atoms with Crippen LogP contribution in [0.15, 0.2) is 64.4 Å². The van der Waals surface area contributed by atoms with E-state index in [1.165, 1.54) is 17.3 Å². The molecule has 25 heavy (non-hydrogen) atoms. The van der Waals surface area contributed by atoms with Crippen LogP contribution in [-0.4, -0.2) is 27.5 Å². The van der Waals surface area contributed by atoms with Crippen LogP contribution in [-0.2, 0) is 0 Å². The van der Waals surface area contributed by atoms with Gasteiger partial charge in [0.1, 0.15) is 5.75 Å². The summed E-state index contributed by atoms with van der Waals surface area (Å²) in [6.07, 6.45) is 1.90. The van der Waals surface area contributed by atoms with Gasteiger partial charge in [0, 0.05) is 22.9 Å². The number of aromatic amines is 1. The van der Waals surface area contributed by atoms with Crippen molar-refractivity contribution >= 4 is 22.7 Å². The fraction of sp³-hybridized carbons (Fsp3) is 0.158. The molecular formula is C19H17N3O2S. The monoisotopic (exact) mass is 351 g/mol. The number of benzene rings is 2. The van der Waals surface area contributed by atoms with E-state index in [0.29, 0.717) is 17.7 Å². The lowest BCUT2D eigenvalue weighted by Gasteiger charge is -2.04. The lowest BCUT2D eigenvalue weighted by Crippen LogP contribution is -1.99. The average Bonchev–Trinajstić information content (AvgIpc) is 3.27. The molecule has 126 valence electrons. The molecule has 0 unspecified atom stereocenters. The Bertz CT molecular complexity index is 976. The predicted octanol–water partition coefficient (Wildman–Crippen LogP) is 4.70. The minimum atomic E-state index is 0.527. The maximum atomic E-state index is 5.77. The van der Waals surface area contributed by atoms with E-state index in [1.54, 1.807) is 0 Å². The van der Waals surface area contributed by atoms with Crippen molar-refractivity contribution in [2.24, 2.45) is 0 Å². The molecule has 2 aromatic carbocycles. The van der Waals surface area contributed by atoms with Gasteiger partial charge < -0.3 is 14.1 Å². The molecular weight excluding hydrogens is 334 g/mol. The Kier molecular flexibility index (Phi) is 4.43. The highest BCUT2D eigenvalue weighted by Gasteiger charge is 2.13. The van der Waals surface area contributed by atoms with Crippen LogP contribution in [0.2, 0.25) is 0 Å². The van der Waals surface area contributed by atoms with E-state index in [2.05, 4.69) is 22.1 Å². The quantitative estimate of drug-likeness (QED) is 0.403. The summed E-state index contributed by atoms with van der Waals surface area (Å²) in [5.74, 6) is 2.14. The summed E-state index contributed by atoms with van der Waals surface area (Å²) in [6, 6.07) is 16.1. The van der Waals surface area contributed by atoms with E-state index < -0.39 is 0 Å². The molecule has 0 saturated heterocycles. The van der Waals surface area contributed by atoms with Crippen LogP contribution in [0.1, 0.15) is 5.56 Å². The van der Waals surface area contributed by atoms with Crippen LogP contribution in [0, 0.1) is 6.92 Å². The molecule has 0 aliphatic carbocycles. The van der Waals surface area contributed by atoms with Crippen LogP contribution in [0.25, 0.3) is 22.4 Å². The number of thioether (sulfide) groups is 1. The second-order valence-electron chi connectivity index (χ2n) is 5.63. The van der Waals surface area contributed by atoms with Crippen molar-refractivity contribution in [2.75, 3.05) is 12.4 Å². The number of nitrogens with one attached hydrogen (secondary N) is 1. The van der Waals surface area contributed by atoms with Gasteiger partial charge in [-0.25, -0.2) is 0 Å². The molecule has 0 atom stereocenters. The number of hydrogen-bond acceptors (Lipinski definition) is 5. The molecule has 0 fully saturated rings. The molecule has 2 aromatic heterocycles. The first kappa shape index (κ1) is 15.8. The van der Waals surface area contributed by atoms with Crippen molar-refractivity contribution in [1.29, 1.82) is 0 Å². The molecule has 1 N–H and O–H groups in total. The largest absolute Gasteiger partial charge is 0.493 e. The van der Waals surface area contributed by atoms with E-state index in [0.717, 1.165) is 28.0 Å². The average molecular weight is 351 g/mol. The second kappa shape index (κ2) is 7.03. The summed E-state index contributed by atoms with van der Waals surface area (Å²) in [5.41, 5.74) is 3.19. The number of aromatic nitrogens is 3. The molecule has 0 bridgehead atoms. The van der Waals surface area contributed by atoms with Crippen molar-refractivity contribution in [3.8, 4) is 17.2 Å². The highest BCUT2D eigenvalue weighted by molar-refractivity contribution is 7.99. The van der Waals surface area contributed by atoms with E-state index in [4.69, 9.17) is 9.15 Å². The molecule has 4 rings (SSSR count). The zero-order valence-electron chi connectivity index (χ0n) is 13.7. The molecule has 2 heterocycles. The lowest BCUT2D eigenvalue weighted by atomic mass is 10.2. The van der Waals surface area contributed by atoms with Crippen molar-refractivity contribution in [3.63, 3.8) is 0 Å². The number of H-pyrrole nitrogens is 1. The maximum absolute atomic E-state index is 5.77. The lowest BCUT2D eigenvalue weighted by molar-refractivity contribution is 0.343. The molecule has 5 nitrogen and oxygen atoms in total. The number of hydrogen-bond donors (Lipinski definition) is 1. The summed E-state index contributed by atoms with van der Waals surface area (Å²) in [5, 5.41) is 9.89. The summed E-state index contributed by atoms with van der Waals surface area (Å²) >= 11 is 1.49. The summed E-state index contributed by atoms with van der Waals surface area (Å²) in [4.78, 5) is 3.22. The molecule has 0 aliphatic rings. The van der Waals surface area contributed by atoms with Gasteiger partial charge >= 0.3 is 0 Å². The molecule has 0 saturated carbocycles. The molecule has 0 radical (unpaired) electrons. The van der Waals surface area contributed by atoms with Gasteiger partial charge in [0.05, 0.1) is 12.2 Å². The molecule has 0 aliphatic heterocycles. The van der Waals surface area contributed by atoms with Gasteiger partial charge in [0.25, 0.3) is 11.1 Å². The Morgan fingerprint density at radius 1 is 1.08 bits per heavy atom. The van der Waals surface area contributed by atoms with Crippen molar-refractivity contribution < 1.29 is 9.15 Å². The van der Waals surface area contributed by atoms with Gasteiger partial charge in [-0.2, -0.15) is 0 Å². The van der Waals surface area contributed by atoms with Gasteiger partial charge in [-0.1, -0.05) is 47.7 Å². The van der Waals surface area contributed by atoms with Crippen LogP contribution in [0.4, 0.5) is 0 Å². The standard InChI is InChI=1S/C19H17N3O2S/c1-13-6-8-14(9-7-13)23-10-11-25-19-22-21-18(24-19)16-12-20-17-5-3-2-4-15(16)17/h2-9,12,20H,10-11H2,1H3. The first-order chi connectivity index (χ1) is 12.3. The highest BCUT2D eigenvalue weighted by atomic mass is 32.2. The molecule has 0 amide bonds. The summed E-state index contributed by atoms with van der Waals surface area (Å²) in [7, 11) is 0. The van der Waals surface area contributed by atoms with Crippen LogP contribution < -0.4 is 4.74 Å². The number of aryl methyl sites for hydroxylation is 1. The maximum Gasteiger partial charge on any atom is 0.276 e. The third-order valence-electron chi connectivity index (χ3n) is 3.82. The third kappa shape index (κ3) is 3.53. The zero-order chi connectivity index (χ0) is 17.1. The van der Waals surface area contributed by atoms with Gasteiger partial charge in [-0.15, -0.1) is 10.2 Å². The first-order valence-corrected chi connectivity index (χ1v) is 9.00. The SMILES string of the molecule is Cc1ccc(OCCSc2nnc(-c3c[nH]c4ccccc34)o2)cc1. The smallest absolute Gasteiger partial charge is 0.276 e. The Morgan fingerprint density at radius 2 is 1.92 bits per heavy atom. The Balaban J connectivity index is 1.36. The van der Waals surface area contributed by atoms with Gasteiger partial charge in [-0.05, 0) is 25.1 Å². The minimum Gasteiger partial charge on any atom is -0.493 e. The van der Waals surface area contributed by atoms with Crippen LogP contribution >= 0.6 is 11.8 Å².